The van der Waals surface area contributed by atoms with E-state index < -0.39 is 0 Å². The van der Waals surface area contributed by atoms with Crippen LogP contribution < -0.4 is 10.4 Å². The Morgan fingerprint density at radius 2 is 1.80 bits per heavy atom. The van der Waals surface area contributed by atoms with Crippen LogP contribution in [0.5, 0.6) is 5.75 Å². The van der Waals surface area contributed by atoms with Crippen LogP contribution in [0.25, 0.3) is 22.1 Å². The highest BCUT2D eigenvalue weighted by atomic mass is 16.5. The molecule has 0 fully saturated rings. The number of fused-ring (bicyclic) bond motifs is 1. The molecule has 0 aliphatic rings. The fourth-order valence-corrected chi connectivity index (χ4v) is 2.16. The predicted molar refractivity (Wildman–Crippen MR) is 79.1 cm³/mol. The Morgan fingerprint density at radius 3 is 2.55 bits per heavy atom. The SMILES string of the molecule is CCOc1ccc(-c2cc3ccccc3c(=O)o2)cc1. The number of rotatable bonds is 3. The van der Waals surface area contributed by atoms with Gasteiger partial charge in [-0.1, -0.05) is 18.2 Å². The molecule has 100 valence electrons. The van der Waals surface area contributed by atoms with Crippen LogP contribution in [0.15, 0.2) is 63.8 Å². The van der Waals surface area contributed by atoms with Crippen molar-refractivity contribution in [1.82, 2.24) is 0 Å². The molecule has 3 nitrogen and oxygen atoms in total. The smallest absolute Gasteiger partial charge is 0.344 e. The normalized spacial score (nSPS) is 10.7. The zero-order chi connectivity index (χ0) is 13.9. The molecular formula is C17H14O3. The lowest BCUT2D eigenvalue weighted by Gasteiger charge is -2.05. The van der Waals surface area contributed by atoms with Crippen LogP contribution in [-0.4, -0.2) is 6.61 Å². The summed E-state index contributed by atoms with van der Waals surface area (Å²) in [5.74, 6) is 1.37. The summed E-state index contributed by atoms with van der Waals surface area (Å²) in [7, 11) is 0. The molecule has 3 heteroatoms. The van der Waals surface area contributed by atoms with Crippen molar-refractivity contribution in [2.45, 2.75) is 6.92 Å². The molecule has 0 bridgehead atoms. The van der Waals surface area contributed by atoms with E-state index in [9.17, 15) is 4.79 Å². The number of ether oxygens (including phenoxy) is 1. The van der Waals surface area contributed by atoms with Gasteiger partial charge in [0.1, 0.15) is 11.5 Å². The Hall–Kier alpha value is -2.55. The summed E-state index contributed by atoms with van der Waals surface area (Å²) in [5.41, 5.74) is 0.545. The van der Waals surface area contributed by atoms with Gasteiger partial charge in [0.05, 0.1) is 12.0 Å². The van der Waals surface area contributed by atoms with E-state index in [-0.39, 0.29) is 5.63 Å². The van der Waals surface area contributed by atoms with Crippen LogP contribution in [0.4, 0.5) is 0 Å². The second-order valence-corrected chi connectivity index (χ2v) is 4.44. The highest BCUT2D eigenvalue weighted by Crippen LogP contribution is 2.24. The van der Waals surface area contributed by atoms with Gasteiger partial charge < -0.3 is 9.15 Å². The Kier molecular flexibility index (Phi) is 3.25. The molecule has 20 heavy (non-hydrogen) atoms. The highest BCUT2D eigenvalue weighted by molar-refractivity contribution is 5.84. The third-order valence-electron chi connectivity index (χ3n) is 3.12. The van der Waals surface area contributed by atoms with Crippen LogP contribution >= 0.6 is 0 Å². The molecular weight excluding hydrogens is 252 g/mol. The van der Waals surface area contributed by atoms with E-state index in [1.165, 1.54) is 0 Å². The van der Waals surface area contributed by atoms with E-state index in [1.54, 1.807) is 6.07 Å². The molecule has 0 aliphatic heterocycles. The molecule has 0 atom stereocenters. The van der Waals surface area contributed by atoms with Crippen molar-refractivity contribution >= 4 is 10.8 Å². The van der Waals surface area contributed by atoms with Gasteiger partial charge in [0.2, 0.25) is 0 Å². The van der Waals surface area contributed by atoms with Gasteiger partial charge in [-0.2, -0.15) is 0 Å². The minimum absolute atomic E-state index is 0.313. The van der Waals surface area contributed by atoms with E-state index >= 15 is 0 Å². The van der Waals surface area contributed by atoms with Crippen LogP contribution in [0.3, 0.4) is 0 Å². The van der Waals surface area contributed by atoms with Crippen molar-refractivity contribution in [3.63, 3.8) is 0 Å². The first-order valence-corrected chi connectivity index (χ1v) is 6.54. The first kappa shape index (κ1) is 12.5. The van der Waals surface area contributed by atoms with Gasteiger partial charge in [-0.15, -0.1) is 0 Å². The average Bonchev–Trinajstić information content (AvgIpc) is 2.48. The maximum absolute atomic E-state index is 12.0. The minimum Gasteiger partial charge on any atom is -0.494 e. The third-order valence-corrected chi connectivity index (χ3v) is 3.12. The zero-order valence-electron chi connectivity index (χ0n) is 11.1. The van der Waals surface area contributed by atoms with Crippen LogP contribution in [0, 0.1) is 0 Å². The van der Waals surface area contributed by atoms with Crippen molar-refractivity contribution < 1.29 is 9.15 Å². The van der Waals surface area contributed by atoms with Crippen LogP contribution in [0.1, 0.15) is 6.92 Å². The average molecular weight is 266 g/mol. The molecule has 0 spiro atoms. The fraction of sp³-hybridized carbons (Fsp3) is 0.118. The molecule has 0 radical (unpaired) electrons. The maximum atomic E-state index is 12.0. The molecule has 3 rings (SSSR count). The van der Waals surface area contributed by atoms with Crippen molar-refractivity contribution in [3.8, 4) is 17.1 Å². The summed E-state index contributed by atoms with van der Waals surface area (Å²) in [4.78, 5) is 12.0. The first-order valence-electron chi connectivity index (χ1n) is 6.54. The van der Waals surface area contributed by atoms with E-state index in [0.717, 1.165) is 16.7 Å². The molecule has 1 aromatic heterocycles. The first-order chi connectivity index (χ1) is 9.78. The van der Waals surface area contributed by atoms with Gasteiger partial charge in [0.15, 0.2) is 0 Å². The number of hydrogen-bond donors (Lipinski definition) is 0. The summed E-state index contributed by atoms with van der Waals surface area (Å²) >= 11 is 0. The van der Waals surface area contributed by atoms with Gasteiger partial charge in [-0.3, -0.25) is 0 Å². The van der Waals surface area contributed by atoms with Crippen LogP contribution in [-0.2, 0) is 0 Å². The summed E-state index contributed by atoms with van der Waals surface area (Å²) in [6.07, 6.45) is 0. The molecule has 0 amide bonds. The number of hydrogen-bond acceptors (Lipinski definition) is 3. The lowest BCUT2D eigenvalue weighted by molar-refractivity contribution is 0.340. The van der Waals surface area contributed by atoms with Gasteiger partial charge in [0, 0.05) is 5.56 Å². The fourth-order valence-electron chi connectivity index (χ4n) is 2.16. The van der Waals surface area contributed by atoms with E-state index in [4.69, 9.17) is 9.15 Å². The largest absolute Gasteiger partial charge is 0.494 e. The van der Waals surface area contributed by atoms with Gasteiger partial charge in [-0.25, -0.2) is 4.79 Å². The van der Waals surface area contributed by atoms with Crippen LogP contribution in [0.2, 0.25) is 0 Å². The summed E-state index contributed by atoms with van der Waals surface area (Å²) < 4.78 is 10.8. The topological polar surface area (TPSA) is 39.4 Å². The Labute approximate surface area is 116 Å². The van der Waals surface area contributed by atoms with Crippen molar-refractivity contribution in [2.75, 3.05) is 6.61 Å². The van der Waals surface area contributed by atoms with Gasteiger partial charge in [-0.05, 0) is 48.7 Å². The van der Waals surface area contributed by atoms with E-state index in [1.807, 2.05) is 55.5 Å². The molecule has 2 aromatic carbocycles. The Bertz CT molecular complexity index is 785. The van der Waals surface area contributed by atoms with Crippen molar-refractivity contribution in [2.24, 2.45) is 0 Å². The maximum Gasteiger partial charge on any atom is 0.344 e. The van der Waals surface area contributed by atoms with Crippen molar-refractivity contribution in [3.05, 3.63) is 65.0 Å². The summed E-state index contributed by atoms with van der Waals surface area (Å²) in [6, 6.07) is 16.8. The monoisotopic (exact) mass is 266 g/mol. The summed E-state index contributed by atoms with van der Waals surface area (Å²) in [6.45, 7) is 2.57. The lowest BCUT2D eigenvalue weighted by atomic mass is 10.1. The molecule has 0 saturated heterocycles. The Balaban J connectivity index is 2.07. The quantitative estimate of drug-likeness (QED) is 0.722. The van der Waals surface area contributed by atoms with E-state index in [0.29, 0.717) is 17.8 Å². The minimum atomic E-state index is -0.313. The molecule has 0 N–H and O–H groups in total. The highest BCUT2D eigenvalue weighted by Gasteiger charge is 2.06. The van der Waals surface area contributed by atoms with Gasteiger partial charge >= 0.3 is 5.63 Å². The molecule has 0 saturated carbocycles. The zero-order valence-corrected chi connectivity index (χ0v) is 11.1. The number of benzene rings is 2. The molecule has 0 aliphatic carbocycles. The predicted octanol–water partition coefficient (Wildman–Crippen LogP) is 3.86. The second kappa shape index (κ2) is 5.21. The molecule has 0 unspecified atom stereocenters. The Morgan fingerprint density at radius 1 is 1.05 bits per heavy atom. The van der Waals surface area contributed by atoms with Crippen molar-refractivity contribution in [1.29, 1.82) is 0 Å². The summed E-state index contributed by atoms with van der Waals surface area (Å²) in [5, 5.41) is 1.48. The standard InChI is InChI=1S/C17H14O3/c1-2-19-14-9-7-12(8-10-14)16-11-13-5-3-4-6-15(13)17(18)20-16/h3-11H,2H2,1H3. The van der Waals surface area contributed by atoms with Gasteiger partial charge in [0.25, 0.3) is 0 Å². The molecule has 1 heterocycles. The second-order valence-electron chi connectivity index (χ2n) is 4.44. The van der Waals surface area contributed by atoms with E-state index in [2.05, 4.69) is 0 Å². The third kappa shape index (κ3) is 2.30. The lowest BCUT2D eigenvalue weighted by Crippen LogP contribution is -1.99. The molecule has 3 aromatic rings.